The molecule has 39 heavy (non-hydrogen) atoms. The quantitative estimate of drug-likeness (QED) is 0.228. The maximum atomic E-state index is 6.48. The number of thiophene rings is 1. The Kier molecular flexibility index (Phi) is 4.33. The van der Waals surface area contributed by atoms with Crippen molar-refractivity contribution >= 4 is 69.8 Å². The minimum absolute atomic E-state index is 0.0968. The smallest absolute Gasteiger partial charge is 0.262 e. The second-order valence-electron chi connectivity index (χ2n) is 10.3. The number of benzene rings is 6. The molecule has 0 saturated heterocycles. The van der Waals surface area contributed by atoms with Crippen LogP contribution < -0.4 is 10.1 Å². The van der Waals surface area contributed by atoms with Crippen LogP contribution in [0.15, 0.2) is 121 Å². The molecule has 0 bridgehead atoms. The van der Waals surface area contributed by atoms with E-state index in [1.807, 2.05) is 11.3 Å². The van der Waals surface area contributed by atoms with E-state index in [0.29, 0.717) is 0 Å². The number of quaternary nitrogens is 1. The van der Waals surface area contributed by atoms with Gasteiger partial charge >= 0.3 is 0 Å². The summed E-state index contributed by atoms with van der Waals surface area (Å²) in [5.41, 5.74) is 5.98. The number of aromatic nitrogens is 1. The maximum absolute atomic E-state index is 6.48. The van der Waals surface area contributed by atoms with Crippen LogP contribution in [-0.2, 0) is 0 Å². The van der Waals surface area contributed by atoms with E-state index in [-0.39, 0.29) is 6.23 Å². The van der Waals surface area contributed by atoms with Gasteiger partial charge in [0.25, 0.3) is 6.23 Å². The van der Waals surface area contributed by atoms with Crippen LogP contribution in [0.5, 0.6) is 5.75 Å². The van der Waals surface area contributed by atoms with Gasteiger partial charge < -0.3 is 9.30 Å². The lowest BCUT2D eigenvalue weighted by Gasteiger charge is -2.11. The van der Waals surface area contributed by atoms with Crippen LogP contribution in [0.1, 0.15) is 11.8 Å². The third-order valence-electron chi connectivity index (χ3n) is 8.14. The Bertz CT molecular complexity index is 2240. The molecule has 3 nitrogen and oxygen atoms in total. The summed E-state index contributed by atoms with van der Waals surface area (Å²) >= 11 is 1.85. The summed E-state index contributed by atoms with van der Waals surface area (Å²) in [5, 5.41) is 9.99. The van der Waals surface area contributed by atoms with E-state index in [1.165, 1.54) is 58.4 Å². The molecule has 0 spiro atoms. The van der Waals surface area contributed by atoms with Crippen molar-refractivity contribution in [3.8, 4) is 11.4 Å². The van der Waals surface area contributed by atoms with Gasteiger partial charge in [-0.15, -0.1) is 11.3 Å². The van der Waals surface area contributed by atoms with Crippen molar-refractivity contribution in [1.29, 1.82) is 0 Å². The summed E-state index contributed by atoms with van der Waals surface area (Å²) in [6.45, 7) is 0. The zero-order valence-electron chi connectivity index (χ0n) is 21.0. The molecule has 2 N–H and O–H groups in total. The van der Waals surface area contributed by atoms with Gasteiger partial charge in [0.15, 0.2) is 11.4 Å². The average molecular weight is 520 g/mol. The number of fused-ring (bicyclic) bond motifs is 9. The molecule has 0 aliphatic carbocycles. The Morgan fingerprint density at radius 3 is 2.23 bits per heavy atom. The van der Waals surface area contributed by atoms with Crippen molar-refractivity contribution < 1.29 is 10.1 Å². The monoisotopic (exact) mass is 519 g/mol. The van der Waals surface area contributed by atoms with Gasteiger partial charge in [-0.3, -0.25) is 5.32 Å². The Balaban J connectivity index is 1.14. The molecule has 0 amide bonds. The molecule has 9 rings (SSSR count). The van der Waals surface area contributed by atoms with Crippen molar-refractivity contribution in [1.82, 2.24) is 4.57 Å². The van der Waals surface area contributed by atoms with Crippen LogP contribution >= 0.6 is 11.3 Å². The summed E-state index contributed by atoms with van der Waals surface area (Å²) < 4.78 is 11.5. The number of hydrogen-bond acceptors (Lipinski definition) is 2. The second kappa shape index (κ2) is 7.93. The first-order valence-electron chi connectivity index (χ1n) is 13.3. The minimum Gasteiger partial charge on any atom is -0.432 e. The number of hydrogen-bond donors (Lipinski definition) is 1. The number of nitrogens with two attached hydrogens (primary N) is 1. The predicted octanol–water partition coefficient (Wildman–Crippen LogP) is 8.59. The Hall–Kier alpha value is -4.64. The number of para-hydroxylation sites is 1. The van der Waals surface area contributed by atoms with Gasteiger partial charge in [0.1, 0.15) is 0 Å². The SMILES string of the molecule is c1ccc2cc3c(cc2c1)c1ccccc1n3-c1ccc(C2[NH2+]c3c(ccc4sc5ccccc5c34)O2)cc1. The molecule has 1 aliphatic heterocycles. The average Bonchev–Trinajstić information content (AvgIpc) is 3.67. The normalized spacial score (nSPS) is 15.0. The number of nitrogens with zero attached hydrogens (tertiary/aromatic N) is 1. The summed E-state index contributed by atoms with van der Waals surface area (Å²) in [5.74, 6) is 0.967. The van der Waals surface area contributed by atoms with Gasteiger partial charge in [-0.25, -0.2) is 0 Å². The standard InChI is InChI=1S/C35H22N2OS/c1-2-8-23-20-29-27(19-22(23)7-1)25-9-3-5-11-28(25)37(29)24-15-13-21(14-16-24)35-36-34-30(38-35)17-18-32-33(34)26-10-4-6-12-31(26)39-32/h1-20,35-36H/p+1. The molecular formula is C35H23N2OS+. The van der Waals surface area contributed by atoms with Gasteiger partial charge in [-0.1, -0.05) is 60.7 Å². The third-order valence-corrected chi connectivity index (χ3v) is 9.27. The van der Waals surface area contributed by atoms with Crippen molar-refractivity contribution in [3.05, 3.63) is 127 Å². The molecule has 4 heteroatoms. The summed E-state index contributed by atoms with van der Waals surface area (Å²) in [4.78, 5) is 0. The molecular weight excluding hydrogens is 496 g/mol. The van der Waals surface area contributed by atoms with E-state index < -0.39 is 0 Å². The lowest BCUT2D eigenvalue weighted by atomic mass is 10.1. The van der Waals surface area contributed by atoms with E-state index in [9.17, 15) is 0 Å². The summed E-state index contributed by atoms with van der Waals surface area (Å²) in [7, 11) is 0. The first-order valence-corrected chi connectivity index (χ1v) is 14.1. The van der Waals surface area contributed by atoms with E-state index in [1.54, 1.807) is 0 Å². The molecule has 1 unspecified atom stereocenters. The maximum Gasteiger partial charge on any atom is 0.262 e. The van der Waals surface area contributed by atoms with E-state index in [4.69, 9.17) is 4.74 Å². The zero-order valence-corrected chi connectivity index (χ0v) is 21.8. The molecule has 1 atom stereocenters. The second-order valence-corrected chi connectivity index (χ2v) is 11.4. The van der Waals surface area contributed by atoms with E-state index in [2.05, 4.69) is 131 Å². The van der Waals surface area contributed by atoms with Crippen molar-refractivity contribution in [3.63, 3.8) is 0 Å². The fraction of sp³-hybridized carbons (Fsp3) is 0.0286. The molecule has 6 aromatic carbocycles. The predicted molar refractivity (Wildman–Crippen MR) is 163 cm³/mol. The lowest BCUT2D eigenvalue weighted by Crippen LogP contribution is -2.77. The van der Waals surface area contributed by atoms with Gasteiger partial charge in [0.05, 0.1) is 22.0 Å². The lowest BCUT2D eigenvalue weighted by molar-refractivity contribution is -0.635. The Morgan fingerprint density at radius 2 is 1.36 bits per heavy atom. The third kappa shape index (κ3) is 3.07. The van der Waals surface area contributed by atoms with Crippen LogP contribution in [0.2, 0.25) is 0 Å². The largest absolute Gasteiger partial charge is 0.432 e. The van der Waals surface area contributed by atoms with Crippen LogP contribution in [0.4, 0.5) is 5.69 Å². The molecule has 8 aromatic rings. The fourth-order valence-electron chi connectivity index (χ4n) is 6.33. The molecule has 2 aromatic heterocycles. The van der Waals surface area contributed by atoms with Gasteiger partial charge in [-0.05, 0) is 71.4 Å². The molecule has 3 heterocycles. The number of rotatable bonds is 2. The Morgan fingerprint density at radius 1 is 0.615 bits per heavy atom. The van der Waals surface area contributed by atoms with E-state index >= 15 is 0 Å². The first-order chi connectivity index (χ1) is 19.3. The molecule has 184 valence electrons. The molecule has 0 fully saturated rings. The minimum atomic E-state index is -0.0968. The summed E-state index contributed by atoms with van der Waals surface area (Å²) in [6, 6.07) is 43.8. The van der Waals surface area contributed by atoms with Crippen molar-refractivity contribution in [2.24, 2.45) is 0 Å². The zero-order chi connectivity index (χ0) is 25.5. The van der Waals surface area contributed by atoms with E-state index in [0.717, 1.165) is 17.0 Å². The van der Waals surface area contributed by atoms with Crippen LogP contribution in [0.3, 0.4) is 0 Å². The number of ether oxygens (including phenoxy) is 1. The topological polar surface area (TPSA) is 30.8 Å². The van der Waals surface area contributed by atoms with Gasteiger partial charge in [0.2, 0.25) is 0 Å². The highest BCUT2D eigenvalue weighted by Gasteiger charge is 2.31. The first kappa shape index (κ1) is 21.3. The van der Waals surface area contributed by atoms with Crippen LogP contribution in [0.25, 0.3) is 58.4 Å². The summed E-state index contributed by atoms with van der Waals surface area (Å²) in [6.07, 6.45) is -0.0968. The van der Waals surface area contributed by atoms with Gasteiger partial charge in [-0.2, -0.15) is 0 Å². The van der Waals surface area contributed by atoms with Gasteiger partial charge in [0, 0.05) is 31.2 Å². The highest BCUT2D eigenvalue weighted by Crippen LogP contribution is 2.43. The fourth-order valence-corrected chi connectivity index (χ4v) is 7.45. The van der Waals surface area contributed by atoms with Crippen molar-refractivity contribution in [2.45, 2.75) is 6.23 Å². The molecule has 0 saturated carbocycles. The Labute approximate surface area is 228 Å². The van der Waals surface area contributed by atoms with Crippen LogP contribution in [-0.4, -0.2) is 4.57 Å². The highest BCUT2D eigenvalue weighted by molar-refractivity contribution is 7.25. The molecule has 0 radical (unpaired) electrons. The van der Waals surface area contributed by atoms with Crippen molar-refractivity contribution in [2.75, 3.05) is 0 Å². The highest BCUT2D eigenvalue weighted by atomic mass is 32.1. The van der Waals surface area contributed by atoms with Crippen LogP contribution in [0, 0.1) is 0 Å². The molecule has 1 aliphatic rings.